The SMILES string of the molecule is Cn1cc(SC(CN)C(=O)O)cn1. The van der Waals surface area contributed by atoms with Crippen LogP contribution < -0.4 is 5.73 Å². The second-order valence-corrected chi connectivity index (χ2v) is 3.81. The van der Waals surface area contributed by atoms with Crippen LogP contribution in [0.5, 0.6) is 0 Å². The molecule has 0 aromatic carbocycles. The van der Waals surface area contributed by atoms with E-state index in [0.717, 1.165) is 4.90 Å². The van der Waals surface area contributed by atoms with Gasteiger partial charge in [-0.05, 0) is 0 Å². The van der Waals surface area contributed by atoms with Crippen LogP contribution in [0.15, 0.2) is 17.3 Å². The predicted molar refractivity (Wildman–Crippen MR) is 49.5 cm³/mol. The highest BCUT2D eigenvalue weighted by atomic mass is 32.2. The van der Waals surface area contributed by atoms with Crippen molar-refractivity contribution in [2.24, 2.45) is 12.8 Å². The number of nitrogens with zero attached hydrogens (tertiary/aromatic N) is 2. The summed E-state index contributed by atoms with van der Waals surface area (Å²) in [4.78, 5) is 11.4. The monoisotopic (exact) mass is 201 g/mol. The normalized spacial score (nSPS) is 12.8. The van der Waals surface area contributed by atoms with Crippen molar-refractivity contribution in [1.82, 2.24) is 9.78 Å². The maximum atomic E-state index is 10.6. The molecule has 0 saturated heterocycles. The van der Waals surface area contributed by atoms with Crippen LogP contribution in [0.1, 0.15) is 0 Å². The van der Waals surface area contributed by atoms with Gasteiger partial charge in [0.1, 0.15) is 5.25 Å². The van der Waals surface area contributed by atoms with Gasteiger partial charge in [-0.2, -0.15) is 5.10 Å². The minimum absolute atomic E-state index is 0.120. The molecule has 1 aromatic heterocycles. The molecule has 0 bridgehead atoms. The average Bonchev–Trinajstić information content (AvgIpc) is 2.46. The Hall–Kier alpha value is -1.01. The van der Waals surface area contributed by atoms with Crippen molar-refractivity contribution < 1.29 is 9.90 Å². The predicted octanol–water partition coefficient (Wildman–Crippen LogP) is -0.0759. The number of aryl methyl sites for hydroxylation is 1. The fourth-order valence-electron chi connectivity index (χ4n) is 0.823. The molecule has 1 heterocycles. The van der Waals surface area contributed by atoms with Gasteiger partial charge >= 0.3 is 5.97 Å². The van der Waals surface area contributed by atoms with Gasteiger partial charge in [0.05, 0.1) is 6.20 Å². The zero-order valence-electron chi connectivity index (χ0n) is 7.17. The number of hydrogen-bond acceptors (Lipinski definition) is 4. The Morgan fingerprint density at radius 2 is 2.62 bits per heavy atom. The van der Waals surface area contributed by atoms with Crippen LogP contribution >= 0.6 is 11.8 Å². The fourth-order valence-corrected chi connectivity index (χ4v) is 1.67. The molecule has 1 rings (SSSR count). The summed E-state index contributed by atoms with van der Waals surface area (Å²) in [5.41, 5.74) is 5.30. The van der Waals surface area contributed by atoms with Crippen molar-refractivity contribution >= 4 is 17.7 Å². The number of aliphatic carboxylic acids is 1. The first-order chi connectivity index (χ1) is 6.13. The lowest BCUT2D eigenvalue weighted by atomic mass is 10.4. The standard InChI is InChI=1S/C7H11N3O2S/c1-10-4-5(3-9-10)13-6(2-8)7(11)12/h3-4,6H,2,8H2,1H3,(H,11,12). The quantitative estimate of drug-likeness (QED) is 0.666. The van der Waals surface area contributed by atoms with E-state index in [9.17, 15) is 4.79 Å². The summed E-state index contributed by atoms with van der Waals surface area (Å²) in [7, 11) is 1.78. The number of carboxylic acid groups (broad SMARTS) is 1. The minimum Gasteiger partial charge on any atom is -0.480 e. The summed E-state index contributed by atoms with van der Waals surface area (Å²) < 4.78 is 1.62. The van der Waals surface area contributed by atoms with Crippen LogP contribution in [0.3, 0.4) is 0 Å². The Balaban J connectivity index is 2.61. The molecule has 5 nitrogen and oxygen atoms in total. The lowest BCUT2D eigenvalue weighted by Crippen LogP contribution is -2.25. The van der Waals surface area contributed by atoms with Gasteiger partial charge in [-0.3, -0.25) is 9.48 Å². The van der Waals surface area contributed by atoms with Crippen molar-refractivity contribution in [1.29, 1.82) is 0 Å². The zero-order valence-corrected chi connectivity index (χ0v) is 7.99. The Morgan fingerprint density at radius 3 is 3.00 bits per heavy atom. The molecule has 1 aromatic rings. The Bertz CT molecular complexity index is 300. The molecule has 13 heavy (non-hydrogen) atoms. The Morgan fingerprint density at radius 1 is 1.92 bits per heavy atom. The Kier molecular flexibility index (Phi) is 3.32. The minimum atomic E-state index is -0.892. The molecular formula is C7H11N3O2S. The van der Waals surface area contributed by atoms with Crippen molar-refractivity contribution in [3.63, 3.8) is 0 Å². The molecule has 0 amide bonds. The highest BCUT2D eigenvalue weighted by Gasteiger charge is 2.17. The third kappa shape index (κ3) is 2.74. The van der Waals surface area contributed by atoms with Crippen molar-refractivity contribution in [2.75, 3.05) is 6.54 Å². The van der Waals surface area contributed by atoms with Gasteiger partial charge < -0.3 is 10.8 Å². The van der Waals surface area contributed by atoms with Gasteiger partial charge in [0.2, 0.25) is 0 Å². The zero-order chi connectivity index (χ0) is 9.84. The molecule has 0 aliphatic rings. The lowest BCUT2D eigenvalue weighted by Gasteiger charge is -2.06. The first-order valence-electron chi connectivity index (χ1n) is 3.71. The number of nitrogens with two attached hydrogens (primary N) is 1. The van der Waals surface area contributed by atoms with E-state index in [1.807, 2.05) is 0 Å². The first-order valence-corrected chi connectivity index (χ1v) is 4.59. The number of hydrogen-bond donors (Lipinski definition) is 2. The summed E-state index contributed by atoms with van der Waals surface area (Å²) in [6, 6.07) is 0. The van der Waals surface area contributed by atoms with E-state index in [-0.39, 0.29) is 6.54 Å². The van der Waals surface area contributed by atoms with Crippen LogP contribution in [0, 0.1) is 0 Å². The maximum Gasteiger partial charge on any atom is 0.318 e. The molecule has 0 aliphatic heterocycles. The summed E-state index contributed by atoms with van der Waals surface area (Å²) in [5, 5.41) is 12.0. The van der Waals surface area contributed by atoms with Crippen molar-refractivity contribution in [3.8, 4) is 0 Å². The van der Waals surface area contributed by atoms with Gasteiger partial charge in [-0.25, -0.2) is 0 Å². The molecule has 0 radical (unpaired) electrons. The van der Waals surface area contributed by atoms with E-state index < -0.39 is 11.2 Å². The van der Waals surface area contributed by atoms with Gasteiger partial charge in [0.25, 0.3) is 0 Å². The molecular weight excluding hydrogens is 190 g/mol. The number of thioether (sulfide) groups is 1. The second kappa shape index (κ2) is 4.29. The maximum absolute atomic E-state index is 10.6. The smallest absolute Gasteiger partial charge is 0.318 e. The number of aromatic nitrogens is 2. The summed E-state index contributed by atoms with van der Waals surface area (Å²) in [5.74, 6) is -0.892. The first kappa shape index (κ1) is 10.1. The topological polar surface area (TPSA) is 81.1 Å². The van der Waals surface area contributed by atoms with Crippen LogP contribution in [0.25, 0.3) is 0 Å². The summed E-state index contributed by atoms with van der Waals surface area (Å²) >= 11 is 1.21. The molecule has 0 saturated carbocycles. The second-order valence-electron chi connectivity index (χ2n) is 2.53. The highest BCUT2D eigenvalue weighted by molar-refractivity contribution is 8.00. The van der Waals surface area contributed by atoms with E-state index >= 15 is 0 Å². The van der Waals surface area contributed by atoms with E-state index in [4.69, 9.17) is 10.8 Å². The van der Waals surface area contributed by atoms with Gasteiger partial charge in [0.15, 0.2) is 0 Å². The van der Waals surface area contributed by atoms with E-state index in [1.54, 1.807) is 24.1 Å². The average molecular weight is 201 g/mol. The van der Waals surface area contributed by atoms with Gasteiger partial charge in [0, 0.05) is 24.7 Å². The van der Waals surface area contributed by atoms with Gasteiger partial charge in [-0.1, -0.05) is 0 Å². The largest absolute Gasteiger partial charge is 0.480 e. The van der Waals surface area contributed by atoms with Crippen molar-refractivity contribution in [2.45, 2.75) is 10.1 Å². The molecule has 1 atom stereocenters. The molecule has 72 valence electrons. The molecule has 0 fully saturated rings. The Labute approximate surface area is 79.9 Å². The van der Waals surface area contributed by atoms with E-state index in [2.05, 4.69) is 5.10 Å². The third-order valence-corrected chi connectivity index (χ3v) is 2.61. The molecule has 0 aliphatic carbocycles. The van der Waals surface area contributed by atoms with Crippen LogP contribution in [0.2, 0.25) is 0 Å². The fraction of sp³-hybridized carbons (Fsp3) is 0.429. The highest BCUT2D eigenvalue weighted by Crippen LogP contribution is 2.21. The van der Waals surface area contributed by atoms with Crippen LogP contribution in [0.4, 0.5) is 0 Å². The van der Waals surface area contributed by atoms with E-state index in [1.165, 1.54) is 11.8 Å². The summed E-state index contributed by atoms with van der Waals surface area (Å²) in [6.07, 6.45) is 3.38. The molecule has 0 spiro atoms. The number of carbonyl (C=O) groups is 1. The van der Waals surface area contributed by atoms with Crippen molar-refractivity contribution in [3.05, 3.63) is 12.4 Å². The number of rotatable bonds is 4. The molecule has 3 N–H and O–H groups in total. The molecule has 1 unspecified atom stereocenters. The van der Waals surface area contributed by atoms with E-state index in [0.29, 0.717) is 0 Å². The number of carboxylic acids is 1. The third-order valence-electron chi connectivity index (χ3n) is 1.45. The van der Waals surface area contributed by atoms with Crippen LogP contribution in [-0.4, -0.2) is 32.7 Å². The van der Waals surface area contributed by atoms with Gasteiger partial charge in [-0.15, -0.1) is 11.8 Å². The lowest BCUT2D eigenvalue weighted by molar-refractivity contribution is -0.136. The summed E-state index contributed by atoms with van der Waals surface area (Å²) in [6.45, 7) is 0.120. The van der Waals surface area contributed by atoms with Crippen LogP contribution in [-0.2, 0) is 11.8 Å². The molecule has 6 heteroatoms.